The first-order valence-electron chi connectivity index (χ1n) is 5.22. The largest absolute Gasteiger partial charge is 0.272 e. The molecule has 0 aliphatic rings. The molecule has 0 radical (unpaired) electrons. The normalized spacial score (nSPS) is 12.8. The highest BCUT2D eigenvalue weighted by Gasteiger charge is 2.12. The van der Waals surface area contributed by atoms with Crippen LogP contribution < -0.4 is 0 Å². The molecular weight excluding hydrogens is 228 g/mol. The molecule has 0 N–H and O–H groups in total. The lowest BCUT2D eigenvalue weighted by Crippen LogP contribution is -2.08. The second kappa shape index (κ2) is 5.80. The molecule has 0 bridgehead atoms. The predicted molar refractivity (Wildman–Crippen MR) is 63.7 cm³/mol. The van der Waals surface area contributed by atoms with Gasteiger partial charge in [-0.1, -0.05) is 13.8 Å². The average molecular weight is 243 g/mol. The molecule has 1 aromatic heterocycles. The maximum absolute atomic E-state index is 10.6. The third-order valence-corrected chi connectivity index (χ3v) is 2.50. The summed E-state index contributed by atoms with van der Waals surface area (Å²) in [4.78, 5) is 14.2. The molecule has 1 aromatic rings. The van der Waals surface area contributed by atoms with Gasteiger partial charge in [-0.2, -0.15) is 0 Å². The van der Waals surface area contributed by atoms with Crippen molar-refractivity contribution in [1.29, 1.82) is 0 Å². The highest BCUT2D eigenvalue weighted by molar-refractivity contribution is 6.20. The first kappa shape index (κ1) is 12.9. The molecule has 0 aliphatic heterocycles. The fourth-order valence-corrected chi connectivity index (χ4v) is 2.03. The van der Waals surface area contributed by atoms with E-state index in [0.29, 0.717) is 18.0 Å². The summed E-state index contributed by atoms with van der Waals surface area (Å²) in [6, 6.07) is 2.87. The van der Waals surface area contributed by atoms with E-state index in [0.717, 1.165) is 6.42 Å². The van der Waals surface area contributed by atoms with Crippen LogP contribution in [0.15, 0.2) is 18.3 Å². The highest BCUT2D eigenvalue weighted by Crippen LogP contribution is 2.17. The molecule has 16 heavy (non-hydrogen) atoms. The molecule has 1 atom stereocenters. The zero-order chi connectivity index (χ0) is 12.1. The van der Waals surface area contributed by atoms with E-state index in [1.807, 2.05) is 0 Å². The Morgan fingerprint density at radius 3 is 2.81 bits per heavy atom. The van der Waals surface area contributed by atoms with Gasteiger partial charge in [0.1, 0.15) is 0 Å². The molecule has 4 nitrogen and oxygen atoms in total. The number of halogens is 1. The average Bonchev–Trinajstić information content (AvgIpc) is 2.16. The molecule has 88 valence electrons. The van der Waals surface area contributed by atoms with Crippen LogP contribution in [0, 0.1) is 16.0 Å². The smallest absolute Gasteiger partial charge is 0.261 e. The number of pyridine rings is 1. The van der Waals surface area contributed by atoms with Crippen LogP contribution in [0.3, 0.4) is 0 Å². The number of alkyl halides is 1. The number of aromatic nitrogens is 1. The van der Waals surface area contributed by atoms with Crippen molar-refractivity contribution in [3.63, 3.8) is 0 Å². The summed E-state index contributed by atoms with van der Waals surface area (Å²) in [7, 11) is 0. The summed E-state index contributed by atoms with van der Waals surface area (Å²) in [5.74, 6) is 0.515. The Morgan fingerprint density at radius 2 is 2.25 bits per heavy atom. The fraction of sp³-hybridized carbons (Fsp3) is 0.545. The Hall–Kier alpha value is -1.16. The quantitative estimate of drug-likeness (QED) is 0.453. The maximum atomic E-state index is 10.6. The fourth-order valence-electron chi connectivity index (χ4n) is 1.51. The highest BCUT2D eigenvalue weighted by atomic mass is 35.5. The van der Waals surface area contributed by atoms with Crippen molar-refractivity contribution < 1.29 is 4.92 Å². The molecule has 0 saturated carbocycles. The van der Waals surface area contributed by atoms with E-state index in [4.69, 9.17) is 11.6 Å². The Bertz CT molecular complexity index is 369. The minimum Gasteiger partial charge on any atom is -0.261 e. The molecular formula is C11H15ClN2O2. The van der Waals surface area contributed by atoms with Gasteiger partial charge in [-0.15, -0.1) is 11.6 Å². The standard InChI is InChI=1S/C11H15ClN2O2/c1-8(2)5-9(12)6-10-7-11(14(15)16)3-4-13-10/h3-4,7-9H,5-6H2,1-2H3. The van der Waals surface area contributed by atoms with E-state index in [1.54, 1.807) is 0 Å². The molecule has 1 rings (SSSR count). The van der Waals surface area contributed by atoms with Crippen molar-refractivity contribution in [3.05, 3.63) is 34.1 Å². The van der Waals surface area contributed by atoms with Gasteiger partial charge in [0.2, 0.25) is 0 Å². The van der Waals surface area contributed by atoms with Gasteiger partial charge in [0, 0.05) is 35.8 Å². The molecule has 1 unspecified atom stereocenters. The Kier molecular flexibility index (Phi) is 4.68. The van der Waals surface area contributed by atoms with Crippen molar-refractivity contribution >= 4 is 17.3 Å². The van der Waals surface area contributed by atoms with Gasteiger partial charge in [0.25, 0.3) is 5.69 Å². The Labute approximate surface area is 99.8 Å². The SMILES string of the molecule is CC(C)CC(Cl)Cc1cc([N+](=O)[O-])ccn1. The molecule has 0 spiro atoms. The first-order chi connectivity index (χ1) is 7.49. The Balaban J connectivity index is 2.66. The topological polar surface area (TPSA) is 56.0 Å². The number of rotatable bonds is 5. The van der Waals surface area contributed by atoms with E-state index in [2.05, 4.69) is 18.8 Å². The number of nitro groups is 1. The van der Waals surface area contributed by atoms with Gasteiger partial charge in [0.15, 0.2) is 0 Å². The van der Waals surface area contributed by atoms with Crippen LogP contribution >= 0.6 is 11.6 Å². The molecule has 1 heterocycles. The van der Waals surface area contributed by atoms with E-state index in [-0.39, 0.29) is 11.1 Å². The van der Waals surface area contributed by atoms with Gasteiger partial charge >= 0.3 is 0 Å². The lowest BCUT2D eigenvalue weighted by Gasteiger charge is -2.10. The number of nitrogens with zero attached hydrogens (tertiary/aromatic N) is 2. The number of hydrogen-bond acceptors (Lipinski definition) is 3. The van der Waals surface area contributed by atoms with Crippen molar-refractivity contribution in [1.82, 2.24) is 4.98 Å². The molecule has 0 aliphatic carbocycles. The monoisotopic (exact) mass is 242 g/mol. The van der Waals surface area contributed by atoms with E-state index in [1.165, 1.54) is 18.3 Å². The van der Waals surface area contributed by atoms with Crippen LogP contribution in [0.4, 0.5) is 5.69 Å². The second-order valence-corrected chi connectivity index (χ2v) is 4.81. The minimum absolute atomic E-state index is 0.0190. The van der Waals surface area contributed by atoms with Crippen molar-refractivity contribution in [2.24, 2.45) is 5.92 Å². The zero-order valence-corrected chi connectivity index (χ0v) is 10.1. The van der Waals surface area contributed by atoms with Gasteiger partial charge in [-0.05, 0) is 12.3 Å². The zero-order valence-electron chi connectivity index (χ0n) is 9.39. The predicted octanol–water partition coefficient (Wildman–Crippen LogP) is 3.19. The molecule has 0 amide bonds. The molecule has 0 aromatic carbocycles. The van der Waals surface area contributed by atoms with Crippen molar-refractivity contribution in [2.75, 3.05) is 0 Å². The summed E-state index contributed by atoms with van der Waals surface area (Å²) in [6.45, 7) is 4.19. The minimum atomic E-state index is -0.420. The first-order valence-corrected chi connectivity index (χ1v) is 5.66. The molecule has 0 fully saturated rings. The van der Waals surface area contributed by atoms with Gasteiger partial charge in [0.05, 0.1) is 4.92 Å². The van der Waals surface area contributed by atoms with Crippen LogP contribution in [-0.4, -0.2) is 15.3 Å². The van der Waals surface area contributed by atoms with Crippen LogP contribution in [0.1, 0.15) is 26.0 Å². The summed E-state index contributed by atoms with van der Waals surface area (Å²) < 4.78 is 0. The van der Waals surface area contributed by atoms with Crippen LogP contribution in [0.2, 0.25) is 0 Å². The molecule has 0 saturated heterocycles. The van der Waals surface area contributed by atoms with Crippen molar-refractivity contribution in [3.8, 4) is 0 Å². The summed E-state index contributed by atoms with van der Waals surface area (Å²) in [5, 5.41) is 10.5. The molecule has 5 heteroatoms. The summed E-state index contributed by atoms with van der Waals surface area (Å²) >= 11 is 6.13. The van der Waals surface area contributed by atoms with Crippen LogP contribution in [0.25, 0.3) is 0 Å². The second-order valence-electron chi connectivity index (χ2n) is 4.19. The van der Waals surface area contributed by atoms with Crippen molar-refractivity contribution in [2.45, 2.75) is 32.1 Å². The lowest BCUT2D eigenvalue weighted by atomic mass is 10.0. The summed E-state index contributed by atoms with van der Waals surface area (Å²) in [5.41, 5.74) is 0.744. The van der Waals surface area contributed by atoms with Crippen LogP contribution in [0.5, 0.6) is 0 Å². The van der Waals surface area contributed by atoms with Gasteiger partial charge < -0.3 is 0 Å². The van der Waals surface area contributed by atoms with E-state index >= 15 is 0 Å². The van der Waals surface area contributed by atoms with Crippen LogP contribution in [-0.2, 0) is 6.42 Å². The Morgan fingerprint density at radius 1 is 1.56 bits per heavy atom. The maximum Gasteiger partial charge on any atom is 0.272 e. The third-order valence-electron chi connectivity index (χ3n) is 2.17. The van der Waals surface area contributed by atoms with E-state index in [9.17, 15) is 10.1 Å². The van der Waals surface area contributed by atoms with Gasteiger partial charge in [-0.3, -0.25) is 15.1 Å². The third kappa shape index (κ3) is 4.14. The summed E-state index contributed by atoms with van der Waals surface area (Å²) in [6.07, 6.45) is 2.90. The van der Waals surface area contributed by atoms with E-state index < -0.39 is 4.92 Å². The lowest BCUT2D eigenvalue weighted by molar-refractivity contribution is -0.385. The number of hydrogen-bond donors (Lipinski definition) is 0. The van der Waals surface area contributed by atoms with Gasteiger partial charge in [-0.25, -0.2) is 0 Å².